The van der Waals surface area contributed by atoms with Gasteiger partial charge in [-0.05, 0) is 25.0 Å². The Morgan fingerprint density at radius 2 is 1.89 bits per heavy atom. The maximum absolute atomic E-state index is 9.48. The minimum atomic E-state index is 0.119. The first-order chi connectivity index (χ1) is 8.85. The molecule has 1 saturated carbocycles. The molecule has 1 aromatic carbocycles. The summed E-state index contributed by atoms with van der Waals surface area (Å²) in [6.45, 7) is 1.87. The molecule has 2 heteroatoms. The van der Waals surface area contributed by atoms with Gasteiger partial charge in [-0.2, -0.15) is 0 Å². The molecule has 0 unspecified atom stereocenters. The van der Waals surface area contributed by atoms with Crippen LogP contribution in [0.15, 0.2) is 30.3 Å². The summed E-state index contributed by atoms with van der Waals surface area (Å²) in [5.74, 6) is 6.25. The molecule has 1 aromatic rings. The normalized spacial score (nSPS) is 17.2. The summed E-state index contributed by atoms with van der Waals surface area (Å²) < 4.78 is 0. The van der Waals surface area contributed by atoms with Crippen LogP contribution in [0.3, 0.4) is 0 Å². The summed E-state index contributed by atoms with van der Waals surface area (Å²) in [6.07, 6.45) is 4.78. The monoisotopic (exact) mass is 243 g/mol. The Balaban J connectivity index is 1.75. The van der Waals surface area contributed by atoms with Crippen molar-refractivity contribution in [1.82, 2.24) is 5.32 Å². The Kier molecular flexibility index (Phi) is 4.81. The molecule has 2 nitrogen and oxygen atoms in total. The number of rotatable bonds is 4. The first-order valence-corrected chi connectivity index (χ1v) is 6.70. The van der Waals surface area contributed by atoms with Gasteiger partial charge < -0.3 is 10.4 Å². The van der Waals surface area contributed by atoms with E-state index in [1.165, 1.54) is 12.8 Å². The molecule has 0 bridgehead atoms. The van der Waals surface area contributed by atoms with Crippen molar-refractivity contribution in [2.24, 2.45) is 5.41 Å². The fourth-order valence-corrected chi connectivity index (χ4v) is 2.57. The highest BCUT2D eigenvalue weighted by atomic mass is 16.3. The van der Waals surface area contributed by atoms with E-state index >= 15 is 0 Å². The summed E-state index contributed by atoms with van der Waals surface area (Å²) in [4.78, 5) is 0. The summed E-state index contributed by atoms with van der Waals surface area (Å²) in [5, 5.41) is 12.8. The van der Waals surface area contributed by atoms with E-state index in [4.69, 9.17) is 0 Å². The smallest absolute Gasteiger partial charge is 0.0580 e. The lowest BCUT2D eigenvalue weighted by molar-refractivity contribution is 0.130. The van der Waals surface area contributed by atoms with Gasteiger partial charge in [-0.3, -0.25) is 0 Å². The average molecular weight is 243 g/mol. The van der Waals surface area contributed by atoms with E-state index < -0.39 is 0 Å². The lowest BCUT2D eigenvalue weighted by Gasteiger charge is -2.26. The minimum Gasteiger partial charge on any atom is -0.396 e. The molecule has 0 radical (unpaired) electrons. The predicted octanol–water partition coefficient (Wildman–Crippen LogP) is 2.18. The molecule has 1 aliphatic rings. The third kappa shape index (κ3) is 3.60. The van der Waals surface area contributed by atoms with Crippen molar-refractivity contribution in [3.05, 3.63) is 35.9 Å². The first kappa shape index (κ1) is 13.1. The van der Waals surface area contributed by atoms with Gasteiger partial charge in [0.05, 0.1) is 6.54 Å². The molecule has 0 heterocycles. The molecule has 1 aliphatic carbocycles. The first-order valence-electron chi connectivity index (χ1n) is 6.70. The van der Waals surface area contributed by atoms with Crippen molar-refractivity contribution in [2.45, 2.75) is 25.7 Å². The van der Waals surface area contributed by atoms with Crippen molar-refractivity contribution in [3.8, 4) is 11.8 Å². The van der Waals surface area contributed by atoms with E-state index in [0.717, 1.165) is 24.9 Å². The minimum absolute atomic E-state index is 0.119. The molecule has 2 rings (SSSR count). The molecule has 1 fully saturated rings. The lowest BCUT2D eigenvalue weighted by Crippen LogP contribution is -2.35. The number of hydrogen-bond acceptors (Lipinski definition) is 2. The van der Waals surface area contributed by atoms with E-state index in [1.807, 2.05) is 30.3 Å². The molecule has 18 heavy (non-hydrogen) atoms. The van der Waals surface area contributed by atoms with E-state index in [0.29, 0.717) is 13.2 Å². The van der Waals surface area contributed by atoms with Crippen molar-refractivity contribution in [3.63, 3.8) is 0 Å². The SMILES string of the molecule is OCC1(CNCC#Cc2ccccc2)CCCC1. The Morgan fingerprint density at radius 3 is 2.56 bits per heavy atom. The largest absolute Gasteiger partial charge is 0.396 e. The molecule has 0 amide bonds. The maximum Gasteiger partial charge on any atom is 0.0580 e. The molecular weight excluding hydrogens is 222 g/mol. The molecule has 2 N–H and O–H groups in total. The highest BCUT2D eigenvalue weighted by Crippen LogP contribution is 2.36. The van der Waals surface area contributed by atoms with Gasteiger partial charge in [-0.1, -0.05) is 42.9 Å². The Morgan fingerprint density at radius 1 is 1.17 bits per heavy atom. The second-order valence-electron chi connectivity index (χ2n) is 5.14. The summed E-state index contributed by atoms with van der Waals surface area (Å²) in [5.41, 5.74) is 1.17. The van der Waals surface area contributed by atoms with Crippen molar-refractivity contribution >= 4 is 0 Å². The molecule has 0 aromatic heterocycles. The van der Waals surface area contributed by atoms with Gasteiger partial charge in [-0.25, -0.2) is 0 Å². The second-order valence-corrected chi connectivity index (χ2v) is 5.14. The molecule has 0 saturated heterocycles. The van der Waals surface area contributed by atoms with Crippen LogP contribution in [0.5, 0.6) is 0 Å². The third-order valence-electron chi connectivity index (χ3n) is 3.72. The molecule has 0 atom stereocenters. The van der Waals surface area contributed by atoms with Gasteiger partial charge >= 0.3 is 0 Å². The standard InChI is InChI=1S/C16H21NO/c18-14-16(10-4-5-11-16)13-17-12-6-9-15-7-2-1-3-8-15/h1-3,7-8,17-18H,4-5,10-14H2. The highest BCUT2D eigenvalue weighted by molar-refractivity contribution is 5.33. The van der Waals surface area contributed by atoms with Crippen molar-refractivity contribution < 1.29 is 5.11 Å². The summed E-state index contributed by atoms with van der Waals surface area (Å²) in [6, 6.07) is 10.0. The van der Waals surface area contributed by atoms with E-state index in [2.05, 4.69) is 17.2 Å². The molecule has 0 spiro atoms. The van der Waals surface area contributed by atoms with Crippen LogP contribution in [-0.4, -0.2) is 24.8 Å². The Bertz CT molecular complexity index is 410. The second kappa shape index (κ2) is 6.58. The van der Waals surface area contributed by atoms with Gasteiger partial charge in [0.1, 0.15) is 0 Å². The lowest BCUT2D eigenvalue weighted by atomic mass is 9.87. The zero-order chi connectivity index (χ0) is 12.7. The zero-order valence-electron chi connectivity index (χ0n) is 10.8. The average Bonchev–Trinajstić information content (AvgIpc) is 2.89. The number of aliphatic hydroxyl groups is 1. The number of hydrogen-bond donors (Lipinski definition) is 2. The van der Waals surface area contributed by atoms with E-state index in [1.54, 1.807) is 0 Å². The van der Waals surface area contributed by atoms with Crippen molar-refractivity contribution in [1.29, 1.82) is 0 Å². The van der Waals surface area contributed by atoms with Crippen LogP contribution in [0.2, 0.25) is 0 Å². The fraction of sp³-hybridized carbons (Fsp3) is 0.500. The van der Waals surface area contributed by atoms with Crippen LogP contribution >= 0.6 is 0 Å². The van der Waals surface area contributed by atoms with Gasteiger partial charge in [0.25, 0.3) is 0 Å². The van der Waals surface area contributed by atoms with Gasteiger partial charge in [0.2, 0.25) is 0 Å². The van der Waals surface area contributed by atoms with Gasteiger partial charge in [-0.15, -0.1) is 0 Å². The van der Waals surface area contributed by atoms with Crippen LogP contribution in [0.1, 0.15) is 31.2 Å². The van der Waals surface area contributed by atoms with Crippen LogP contribution in [0, 0.1) is 17.3 Å². The number of aliphatic hydroxyl groups excluding tert-OH is 1. The quantitative estimate of drug-likeness (QED) is 0.627. The molecule has 96 valence electrons. The molecular formula is C16H21NO. The highest BCUT2D eigenvalue weighted by Gasteiger charge is 2.32. The summed E-state index contributed by atoms with van der Waals surface area (Å²) in [7, 11) is 0. The predicted molar refractivity (Wildman–Crippen MR) is 74.2 cm³/mol. The zero-order valence-corrected chi connectivity index (χ0v) is 10.8. The van der Waals surface area contributed by atoms with Crippen molar-refractivity contribution in [2.75, 3.05) is 19.7 Å². The van der Waals surface area contributed by atoms with Crippen LogP contribution < -0.4 is 5.32 Å². The fourth-order valence-electron chi connectivity index (χ4n) is 2.57. The Hall–Kier alpha value is -1.30. The number of nitrogens with one attached hydrogen (secondary N) is 1. The van der Waals surface area contributed by atoms with Crippen LogP contribution in [0.4, 0.5) is 0 Å². The third-order valence-corrected chi connectivity index (χ3v) is 3.72. The number of benzene rings is 1. The molecule has 0 aliphatic heterocycles. The van der Waals surface area contributed by atoms with Crippen LogP contribution in [-0.2, 0) is 0 Å². The Labute approximate surface area is 109 Å². The van der Waals surface area contributed by atoms with Gasteiger partial charge in [0.15, 0.2) is 0 Å². The van der Waals surface area contributed by atoms with Gasteiger partial charge in [0, 0.05) is 24.1 Å². The van der Waals surface area contributed by atoms with E-state index in [-0.39, 0.29) is 5.41 Å². The topological polar surface area (TPSA) is 32.3 Å². The summed E-state index contributed by atoms with van der Waals surface area (Å²) >= 11 is 0. The van der Waals surface area contributed by atoms with E-state index in [9.17, 15) is 5.11 Å². The van der Waals surface area contributed by atoms with Crippen LogP contribution in [0.25, 0.3) is 0 Å². The maximum atomic E-state index is 9.48.